The van der Waals surface area contributed by atoms with E-state index in [9.17, 15) is 0 Å². The van der Waals surface area contributed by atoms with Crippen molar-refractivity contribution in [1.29, 1.82) is 0 Å². The Morgan fingerprint density at radius 1 is 0.639 bits per heavy atom. The minimum absolute atomic E-state index is 0.867. The molecule has 2 aromatic heterocycles. The third kappa shape index (κ3) is 1.98. The molecule has 0 amide bonds. The molecule has 3 aliphatic rings. The molecule has 0 saturated heterocycles. The summed E-state index contributed by atoms with van der Waals surface area (Å²) in [5.74, 6) is 1.93. The highest BCUT2D eigenvalue weighted by Crippen LogP contribution is 2.60. The Bertz CT molecular complexity index is 1890. The Kier molecular flexibility index (Phi) is 3.20. The van der Waals surface area contributed by atoms with E-state index in [0.717, 1.165) is 61.7 Å². The SMILES string of the molecule is c1ccc(N2c3cccc4c3C3(Oc5ccccc5-c5ccc6occ-4c6c53)[n+]3ccccc32)cc1. The van der Waals surface area contributed by atoms with E-state index in [1.165, 1.54) is 5.56 Å². The van der Waals surface area contributed by atoms with Gasteiger partial charge >= 0.3 is 5.72 Å². The van der Waals surface area contributed by atoms with Gasteiger partial charge in [0.15, 0.2) is 0 Å². The van der Waals surface area contributed by atoms with Crippen LogP contribution in [0.4, 0.5) is 17.2 Å². The molecule has 4 aromatic carbocycles. The average molecular weight is 464 g/mol. The number of ether oxygens (including phenoxy) is 1. The third-order valence-corrected chi connectivity index (χ3v) is 7.85. The molecule has 9 rings (SSSR count). The summed E-state index contributed by atoms with van der Waals surface area (Å²) in [6.45, 7) is 0. The van der Waals surface area contributed by atoms with Crippen LogP contribution in [-0.4, -0.2) is 0 Å². The molecule has 0 radical (unpaired) electrons. The second kappa shape index (κ2) is 6.23. The zero-order valence-corrected chi connectivity index (χ0v) is 19.2. The quantitative estimate of drug-likeness (QED) is 0.240. The summed E-state index contributed by atoms with van der Waals surface area (Å²) in [6.07, 6.45) is 4.05. The number of aromatic nitrogens is 1. The van der Waals surface area contributed by atoms with Crippen LogP contribution < -0.4 is 14.2 Å². The minimum atomic E-state index is -0.867. The summed E-state index contributed by atoms with van der Waals surface area (Å²) < 4.78 is 15.7. The van der Waals surface area contributed by atoms with Crippen LogP contribution in [0, 0.1) is 0 Å². The fraction of sp³-hybridized carbons (Fsp3) is 0.0312. The van der Waals surface area contributed by atoms with Crippen LogP contribution in [0.2, 0.25) is 0 Å². The summed E-state index contributed by atoms with van der Waals surface area (Å²) in [4.78, 5) is 2.33. The Hall–Kier alpha value is -4.83. The van der Waals surface area contributed by atoms with Gasteiger partial charge in [-0.15, -0.1) is 0 Å². The van der Waals surface area contributed by atoms with Crippen molar-refractivity contribution >= 4 is 28.2 Å². The van der Waals surface area contributed by atoms with Gasteiger partial charge in [0.25, 0.3) is 5.82 Å². The maximum absolute atomic E-state index is 7.23. The third-order valence-electron chi connectivity index (χ3n) is 7.85. The Labute approximate surface area is 207 Å². The predicted octanol–water partition coefficient (Wildman–Crippen LogP) is 7.29. The van der Waals surface area contributed by atoms with Crippen molar-refractivity contribution in [3.63, 3.8) is 0 Å². The van der Waals surface area contributed by atoms with Gasteiger partial charge in [-0.2, -0.15) is 9.47 Å². The molecule has 1 atom stereocenters. The van der Waals surface area contributed by atoms with Crippen molar-refractivity contribution in [3.05, 3.63) is 127 Å². The van der Waals surface area contributed by atoms with Crippen molar-refractivity contribution in [2.75, 3.05) is 4.90 Å². The summed E-state index contributed by atoms with van der Waals surface area (Å²) >= 11 is 0. The second-order valence-electron chi connectivity index (χ2n) is 9.55. The van der Waals surface area contributed by atoms with E-state index in [-0.39, 0.29) is 0 Å². The first kappa shape index (κ1) is 18.5. The molecule has 0 bridgehead atoms. The normalized spacial score (nSPS) is 17.7. The van der Waals surface area contributed by atoms with Crippen molar-refractivity contribution in [1.82, 2.24) is 0 Å². The van der Waals surface area contributed by atoms with E-state index in [2.05, 4.69) is 113 Å². The number of fused-ring (bicyclic) bond motifs is 4. The lowest BCUT2D eigenvalue weighted by atomic mass is 9.73. The van der Waals surface area contributed by atoms with E-state index >= 15 is 0 Å². The van der Waals surface area contributed by atoms with Crippen LogP contribution in [0.1, 0.15) is 11.1 Å². The number of rotatable bonds is 1. The van der Waals surface area contributed by atoms with Gasteiger partial charge in [0.05, 0.1) is 18.0 Å². The zero-order valence-electron chi connectivity index (χ0n) is 19.2. The number of anilines is 3. The summed E-state index contributed by atoms with van der Waals surface area (Å²) in [7, 11) is 0. The number of hydrogen-bond donors (Lipinski definition) is 0. The lowest BCUT2D eigenvalue weighted by molar-refractivity contribution is -0.767. The number of pyridine rings is 1. The number of benzene rings is 4. The number of nitrogens with zero attached hydrogens (tertiary/aromatic N) is 2. The Morgan fingerprint density at radius 2 is 1.44 bits per heavy atom. The predicted molar refractivity (Wildman–Crippen MR) is 139 cm³/mol. The standard InChI is InChI=1S/C32H19N2O2/c1-2-9-20(10-3-1)34-25-13-8-12-22-24-19-35-27-17-16-23-21-11-4-5-14-26(21)36-32(30(22)25,31(23)29(24)27)33-18-7-6-15-28(33)34/h1-19H/q+1. The molecule has 0 saturated carbocycles. The molecule has 6 aromatic rings. The second-order valence-corrected chi connectivity index (χ2v) is 9.55. The van der Waals surface area contributed by atoms with Crippen LogP contribution >= 0.6 is 0 Å². The van der Waals surface area contributed by atoms with Crippen LogP contribution in [0.15, 0.2) is 120 Å². The molecule has 1 aliphatic carbocycles. The van der Waals surface area contributed by atoms with Crippen LogP contribution in [0.25, 0.3) is 33.2 Å². The highest BCUT2D eigenvalue weighted by molar-refractivity contribution is 6.07. The van der Waals surface area contributed by atoms with E-state index in [1.807, 2.05) is 12.3 Å². The Morgan fingerprint density at radius 3 is 2.39 bits per heavy atom. The molecular formula is C32H19N2O2+. The van der Waals surface area contributed by atoms with E-state index in [0.29, 0.717) is 0 Å². The molecule has 1 spiro atoms. The van der Waals surface area contributed by atoms with Gasteiger partial charge < -0.3 is 9.15 Å². The molecule has 4 nitrogen and oxygen atoms in total. The number of furan rings is 1. The van der Waals surface area contributed by atoms with Gasteiger partial charge in [0.2, 0.25) is 0 Å². The van der Waals surface area contributed by atoms with Gasteiger partial charge in [-0.3, -0.25) is 0 Å². The highest BCUT2D eigenvalue weighted by Gasteiger charge is 2.60. The number of para-hydroxylation sites is 2. The van der Waals surface area contributed by atoms with Crippen LogP contribution in [-0.2, 0) is 5.72 Å². The minimum Gasteiger partial charge on any atom is -0.464 e. The molecule has 36 heavy (non-hydrogen) atoms. The molecule has 0 N–H and O–H groups in total. The Balaban J connectivity index is 1.53. The first-order valence-electron chi connectivity index (χ1n) is 12.2. The van der Waals surface area contributed by atoms with Crippen molar-refractivity contribution in [3.8, 4) is 28.0 Å². The molecule has 4 heteroatoms. The molecule has 0 fully saturated rings. The van der Waals surface area contributed by atoms with Crippen molar-refractivity contribution < 1.29 is 13.7 Å². The zero-order chi connectivity index (χ0) is 23.4. The van der Waals surface area contributed by atoms with Gasteiger partial charge in [-0.25, -0.2) is 0 Å². The van der Waals surface area contributed by atoms with Crippen LogP contribution in [0.5, 0.6) is 5.75 Å². The van der Waals surface area contributed by atoms with E-state index in [1.54, 1.807) is 0 Å². The topological polar surface area (TPSA) is 29.5 Å². The largest absolute Gasteiger partial charge is 0.464 e. The molecule has 4 heterocycles. The lowest BCUT2D eigenvalue weighted by Gasteiger charge is -2.45. The fourth-order valence-electron chi connectivity index (χ4n) is 6.52. The summed E-state index contributed by atoms with van der Waals surface area (Å²) in [5, 5.41) is 1.13. The lowest BCUT2D eigenvalue weighted by Crippen LogP contribution is -2.66. The van der Waals surface area contributed by atoms with E-state index in [4.69, 9.17) is 9.15 Å². The van der Waals surface area contributed by atoms with Gasteiger partial charge in [0.1, 0.15) is 28.3 Å². The molecule has 168 valence electrons. The van der Waals surface area contributed by atoms with Gasteiger partial charge in [-0.05, 0) is 48.0 Å². The molecule has 2 aliphatic heterocycles. The monoisotopic (exact) mass is 463 g/mol. The smallest absolute Gasteiger partial charge is 0.312 e. The first-order chi connectivity index (χ1) is 17.9. The highest BCUT2D eigenvalue weighted by atomic mass is 16.5. The van der Waals surface area contributed by atoms with Crippen molar-refractivity contribution in [2.24, 2.45) is 0 Å². The van der Waals surface area contributed by atoms with Crippen LogP contribution in [0.3, 0.4) is 0 Å². The number of hydrogen-bond acceptors (Lipinski definition) is 3. The summed E-state index contributed by atoms with van der Waals surface area (Å²) in [5.41, 5.74) is 9.05. The maximum Gasteiger partial charge on any atom is 0.312 e. The summed E-state index contributed by atoms with van der Waals surface area (Å²) in [6, 6.07) is 36.1. The average Bonchev–Trinajstić information content (AvgIpc) is 3.38. The van der Waals surface area contributed by atoms with E-state index < -0.39 is 5.72 Å². The van der Waals surface area contributed by atoms with Gasteiger partial charge in [0, 0.05) is 28.1 Å². The van der Waals surface area contributed by atoms with Crippen molar-refractivity contribution in [2.45, 2.75) is 5.72 Å². The fourth-order valence-corrected chi connectivity index (χ4v) is 6.52. The molecular weight excluding hydrogens is 444 g/mol. The van der Waals surface area contributed by atoms with Gasteiger partial charge in [-0.1, -0.05) is 54.6 Å². The maximum atomic E-state index is 7.23. The first-order valence-corrected chi connectivity index (χ1v) is 12.2. The molecule has 1 unspecified atom stereocenters.